The van der Waals surface area contributed by atoms with Gasteiger partial charge in [-0.2, -0.15) is 0 Å². The summed E-state index contributed by atoms with van der Waals surface area (Å²) in [6.45, 7) is 0. The molecule has 0 radical (unpaired) electrons. The van der Waals surface area contributed by atoms with Gasteiger partial charge in [-0.1, -0.05) is 23.2 Å². The van der Waals surface area contributed by atoms with E-state index in [9.17, 15) is 26.4 Å². The molecule has 260 valence electrons. The minimum absolute atomic E-state index is 0.000641. The summed E-state index contributed by atoms with van der Waals surface area (Å²) in [5.41, 5.74) is 2.71. The van der Waals surface area contributed by atoms with Crippen LogP contribution in [0.2, 0.25) is 10.0 Å². The molecule has 17 heteroatoms. The van der Waals surface area contributed by atoms with Crippen molar-refractivity contribution in [2.24, 2.45) is 0 Å². The Bertz CT molecular complexity index is 2240. The Labute approximate surface area is 310 Å². The topological polar surface area (TPSA) is 161 Å². The highest BCUT2D eigenvalue weighted by Gasteiger charge is 2.22. The molecule has 0 aliphatic carbocycles. The van der Waals surface area contributed by atoms with Crippen molar-refractivity contribution in [3.63, 3.8) is 0 Å². The van der Waals surface area contributed by atoms with Gasteiger partial charge in [0.2, 0.25) is 11.8 Å². The van der Waals surface area contributed by atoms with Crippen LogP contribution in [0.25, 0.3) is 22.5 Å². The zero-order valence-electron chi connectivity index (χ0n) is 25.9. The van der Waals surface area contributed by atoms with Gasteiger partial charge >= 0.3 is 0 Å². The zero-order valence-corrected chi connectivity index (χ0v) is 30.7. The van der Waals surface area contributed by atoms with Crippen LogP contribution in [0.4, 0.5) is 10.3 Å². The molecular weight excluding hydrogens is 776 g/mol. The molecule has 0 bridgehead atoms. The largest absolute Gasteiger partial charge is 0.457 e. The number of halogens is 2. The molecule has 51 heavy (non-hydrogen) atoms. The van der Waals surface area contributed by atoms with Crippen LogP contribution < -0.4 is 15.4 Å². The third-order valence-electron chi connectivity index (χ3n) is 7.02. The van der Waals surface area contributed by atoms with Gasteiger partial charge in [0.05, 0.1) is 21.2 Å². The summed E-state index contributed by atoms with van der Waals surface area (Å²) in [6.07, 6.45) is 0. The Balaban J connectivity index is 1.01. The number of carbonyl (C=O) groups excluding carboxylic acids is 2. The lowest BCUT2D eigenvalue weighted by atomic mass is 10.1. The van der Waals surface area contributed by atoms with Crippen LogP contribution in [0, 0.1) is 0 Å². The van der Waals surface area contributed by atoms with E-state index in [2.05, 4.69) is 20.6 Å². The summed E-state index contributed by atoms with van der Waals surface area (Å²) in [6, 6.07) is 25.5. The van der Waals surface area contributed by atoms with Gasteiger partial charge in [-0.15, -0.1) is 22.7 Å². The number of aromatic nitrogens is 2. The van der Waals surface area contributed by atoms with E-state index in [4.69, 9.17) is 27.9 Å². The van der Waals surface area contributed by atoms with Crippen LogP contribution in [0.1, 0.15) is 0 Å². The molecule has 0 fully saturated rings. The molecule has 0 saturated heterocycles. The lowest BCUT2D eigenvalue weighted by Gasteiger charge is -2.07. The Morgan fingerprint density at radius 2 is 0.922 bits per heavy atom. The molecule has 0 atom stereocenters. The summed E-state index contributed by atoms with van der Waals surface area (Å²) < 4.78 is 56.2. The Morgan fingerprint density at radius 1 is 0.569 bits per heavy atom. The molecule has 11 nitrogen and oxygen atoms in total. The molecule has 4 aromatic carbocycles. The molecule has 2 N–H and O–H groups in total. The van der Waals surface area contributed by atoms with Gasteiger partial charge in [0.15, 0.2) is 29.9 Å². The second-order valence-corrected chi connectivity index (χ2v) is 17.3. The number of hydrogen-bond acceptors (Lipinski definition) is 11. The third kappa shape index (κ3) is 9.38. The van der Waals surface area contributed by atoms with Crippen molar-refractivity contribution in [1.82, 2.24) is 9.97 Å². The molecule has 2 heterocycles. The highest BCUT2D eigenvalue weighted by Crippen LogP contribution is 2.31. The first-order valence-electron chi connectivity index (χ1n) is 14.7. The average Bonchev–Trinajstić information content (AvgIpc) is 3.75. The fraction of sp³-hybridized carbons (Fsp3) is 0.0588. The van der Waals surface area contributed by atoms with Gasteiger partial charge in [-0.25, -0.2) is 26.8 Å². The van der Waals surface area contributed by atoms with Crippen LogP contribution in [0.3, 0.4) is 0 Å². The van der Waals surface area contributed by atoms with E-state index in [0.717, 1.165) is 11.1 Å². The zero-order chi connectivity index (χ0) is 36.2. The number of nitrogens with one attached hydrogen (secondary N) is 2. The fourth-order valence-electron chi connectivity index (χ4n) is 4.56. The van der Waals surface area contributed by atoms with Crippen molar-refractivity contribution in [3.8, 4) is 34.0 Å². The Morgan fingerprint density at radius 3 is 1.27 bits per heavy atom. The maximum absolute atomic E-state index is 12.6. The second kappa shape index (κ2) is 15.3. The maximum Gasteiger partial charge on any atom is 0.241 e. The van der Waals surface area contributed by atoms with Crippen molar-refractivity contribution in [3.05, 3.63) is 118 Å². The van der Waals surface area contributed by atoms with Gasteiger partial charge in [-0.05, 0) is 97.1 Å². The number of nitrogens with zero attached hydrogens (tertiary/aromatic N) is 2. The molecule has 6 aromatic rings. The van der Waals surface area contributed by atoms with Gasteiger partial charge in [0.1, 0.15) is 23.0 Å². The van der Waals surface area contributed by atoms with Crippen molar-refractivity contribution in [1.29, 1.82) is 0 Å². The van der Waals surface area contributed by atoms with Crippen LogP contribution in [-0.4, -0.2) is 50.1 Å². The minimum atomic E-state index is -3.85. The van der Waals surface area contributed by atoms with Crippen molar-refractivity contribution in [2.45, 2.75) is 9.79 Å². The molecule has 0 unspecified atom stereocenters. The SMILES string of the molecule is O=C(CS(=O)(=O)c1ccc(Cl)cc1)Nc1nc(-c2ccc(Oc3ccc(-c4csc(NC(=O)CS(=O)(=O)c5ccc(Cl)cc5)n4)cc3)cc2)cs1. The monoisotopic (exact) mass is 798 g/mol. The van der Waals surface area contributed by atoms with E-state index in [1.807, 2.05) is 0 Å². The Hall–Kier alpha value is -4.64. The lowest BCUT2D eigenvalue weighted by Crippen LogP contribution is -2.22. The third-order valence-corrected chi connectivity index (χ3v) is 12.3. The minimum Gasteiger partial charge on any atom is -0.457 e. The van der Waals surface area contributed by atoms with Crippen molar-refractivity contribution in [2.75, 3.05) is 22.1 Å². The van der Waals surface area contributed by atoms with E-state index >= 15 is 0 Å². The molecule has 0 spiro atoms. The van der Waals surface area contributed by atoms with Crippen LogP contribution >= 0.6 is 45.9 Å². The predicted octanol–water partition coefficient (Wildman–Crippen LogP) is 7.86. The Kier molecular flexibility index (Phi) is 10.9. The number of ether oxygens (including phenoxy) is 1. The standard InChI is InChI=1S/C34H24Cl2N4O7S4/c35-23-5-13-27(14-6-23)50(43,44)19-31(41)39-33-37-29(17-48-33)21-1-9-25(10-2-21)47-26-11-3-22(4-12-26)30-18-49-34(38-30)40-32(42)20-51(45,46)28-15-7-24(36)8-16-28/h1-18H,19-20H2,(H,37,39,41)(H,38,40,42). The van der Waals surface area contributed by atoms with E-state index in [1.165, 1.54) is 71.2 Å². The number of amides is 2. The highest BCUT2D eigenvalue weighted by molar-refractivity contribution is 7.92. The first-order chi connectivity index (χ1) is 24.3. The lowest BCUT2D eigenvalue weighted by molar-refractivity contribution is -0.114. The van der Waals surface area contributed by atoms with Gasteiger partial charge in [0.25, 0.3) is 0 Å². The first kappa shape index (κ1) is 36.2. The van der Waals surface area contributed by atoms with Crippen LogP contribution in [0.15, 0.2) is 118 Å². The fourth-order valence-corrected chi connectivity index (χ4v) is 8.55. The molecule has 2 amide bonds. The van der Waals surface area contributed by atoms with Crippen molar-refractivity contribution < 1.29 is 31.2 Å². The first-order valence-corrected chi connectivity index (χ1v) is 20.5. The van der Waals surface area contributed by atoms with Crippen LogP contribution in [-0.2, 0) is 29.3 Å². The van der Waals surface area contributed by atoms with Crippen LogP contribution in [0.5, 0.6) is 11.5 Å². The summed E-state index contributed by atoms with van der Waals surface area (Å²) in [7, 11) is -7.70. The number of anilines is 2. The van der Waals surface area contributed by atoms with Gasteiger partial charge in [-0.3, -0.25) is 9.59 Å². The number of hydrogen-bond donors (Lipinski definition) is 2. The van der Waals surface area contributed by atoms with E-state index in [1.54, 1.807) is 59.3 Å². The summed E-state index contributed by atoms with van der Waals surface area (Å²) >= 11 is 14.0. The van der Waals surface area contributed by atoms with E-state index in [-0.39, 0.29) is 20.1 Å². The average molecular weight is 800 g/mol. The molecular formula is C34H24Cl2N4O7S4. The number of sulfone groups is 2. The second-order valence-electron chi connectivity index (χ2n) is 10.7. The summed E-state index contributed by atoms with van der Waals surface area (Å²) in [4.78, 5) is 33.7. The normalized spacial score (nSPS) is 11.6. The maximum atomic E-state index is 12.6. The molecule has 6 rings (SSSR count). The molecule has 0 aliphatic heterocycles. The number of carbonyl (C=O) groups is 2. The molecule has 2 aromatic heterocycles. The van der Waals surface area contributed by atoms with E-state index in [0.29, 0.717) is 32.9 Å². The highest BCUT2D eigenvalue weighted by atomic mass is 35.5. The molecule has 0 aliphatic rings. The number of benzene rings is 4. The number of thiazole rings is 2. The quantitative estimate of drug-likeness (QED) is 0.126. The van der Waals surface area contributed by atoms with Crippen molar-refractivity contribution >= 4 is 87.6 Å². The van der Waals surface area contributed by atoms with Gasteiger partial charge < -0.3 is 15.4 Å². The van der Waals surface area contributed by atoms with Gasteiger partial charge in [0, 0.05) is 31.9 Å². The smallest absolute Gasteiger partial charge is 0.241 e. The predicted molar refractivity (Wildman–Crippen MR) is 199 cm³/mol. The van der Waals surface area contributed by atoms with E-state index < -0.39 is 43.0 Å². The summed E-state index contributed by atoms with van der Waals surface area (Å²) in [5, 5.41) is 9.89. The summed E-state index contributed by atoms with van der Waals surface area (Å²) in [5.74, 6) is -1.76. The molecule has 0 saturated carbocycles. The number of rotatable bonds is 12.